The second-order valence-electron chi connectivity index (χ2n) is 3.58. The Bertz CT molecular complexity index is 359. The first-order chi connectivity index (χ1) is 6.06. The molecule has 2 heteroatoms. The van der Waals surface area contributed by atoms with E-state index < -0.39 is 0 Å². The lowest BCUT2D eigenvalue weighted by atomic mass is 9.96. The van der Waals surface area contributed by atoms with Crippen LogP contribution in [0.1, 0.15) is 36.5 Å². The zero-order valence-corrected chi connectivity index (χ0v) is 8.26. The van der Waals surface area contributed by atoms with E-state index in [1.807, 2.05) is 19.1 Å². The van der Waals surface area contributed by atoms with Crippen LogP contribution in [-0.2, 0) is 0 Å². The lowest BCUT2D eigenvalue weighted by Gasteiger charge is -2.11. The normalized spacial score (nSPS) is 10.1. The van der Waals surface area contributed by atoms with Crippen molar-refractivity contribution in [3.63, 3.8) is 0 Å². The van der Waals surface area contributed by atoms with Gasteiger partial charge in [-0.25, -0.2) is 0 Å². The van der Waals surface area contributed by atoms with Crippen molar-refractivity contribution in [3.8, 4) is 6.07 Å². The van der Waals surface area contributed by atoms with Crippen molar-refractivity contribution in [2.75, 3.05) is 5.73 Å². The van der Waals surface area contributed by atoms with Crippen molar-refractivity contribution >= 4 is 5.69 Å². The van der Waals surface area contributed by atoms with Gasteiger partial charge in [0.05, 0.1) is 11.3 Å². The fourth-order valence-electron chi connectivity index (χ4n) is 1.40. The van der Waals surface area contributed by atoms with E-state index in [2.05, 4.69) is 19.9 Å². The molecule has 0 atom stereocenters. The predicted octanol–water partition coefficient (Wildman–Crippen LogP) is 2.57. The van der Waals surface area contributed by atoms with E-state index in [9.17, 15) is 0 Å². The molecule has 0 aromatic heterocycles. The maximum atomic E-state index is 8.82. The highest BCUT2D eigenvalue weighted by Crippen LogP contribution is 2.26. The fraction of sp³-hybridized carbons (Fsp3) is 0.364. The molecule has 0 radical (unpaired) electrons. The standard InChI is InChI=1S/C11H14N2/c1-7(2)10-5-8(3)4-9(6-12)11(10)13/h4-5,7H,13H2,1-3H3. The average molecular weight is 174 g/mol. The summed E-state index contributed by atoms with van der Waals surface area (Å²) >= 11 is 0. The number of hydrogen-bond acceptors (Lipinski definition) is 2. The molecular formula is C11H14N2. The molecule has 0 spiro atoms. The predicted molar refractivity (Wildman–Crippen MR) is 54.4 cm³/mol. The van der Waals surface area contributed by atoms with E-state index in [4.69, 9.17) is 11.0 Å². The van der Waals surface area contributed by atoms with Crippen molar-refractivity contribution in [2.24, 2.45) is 0 Å². The highest BCUT2D eigenvalue weighted by molar-refractivity contribution is 5.61. The summed E-state index contributed by atoms with van der Waals surface area (Å²) in [5.41, 5.74) is 9.21. The van der Waals surface area contributed by atoms with Crippen LogP contribution in [0.15, 0.2) is 12.1 Å². The summed E-state index contributed by atoms with van der Waals surface area (Å²) in [4.78, 5) is 0. The molecule has 0 unspecified atom stereocenters. The van der Waals surface area contributed by atoms with Crippen LogP contribution < -0.4 is 5.73 Å². The summed E-state index contributed by atoms with van der Waals surface area (Å²) in [7, 11) is 0. The Kier molecular flexibility index (Phi) is 2.57. The quantitative estimate of drug-likeness (QED) is 0.665. The number of nitrogens with zero attached hydrogens (tertiary/aromatic N) is 1. The molecular weight excluding hydrogens is 160 g/mol. The first-order valence-electron chi connectivity index (χ1n) is 4.36. The second kappa shape index (κ2) is 3.49. The van der Waals surface area contributed by atoms with Gasteiger partial charge in [0.15, 0.2) is 0 Å². The number of nitriles is 1. The van der Waals surface area contributed by atoms with Crippen LogP contribution in [0.5, 0.6) is 0 Å². The Hall–Kier alpha value is -1.49. The van der Waals surface area contributed by atoms with E-state index in [-0.39, 0.29) is 0 Å². The molecule has 0 saturated heterocycles. The van der Waals surface area contributed by atoms with Crippen molar-refractivity contribution in [1.82, 2.24) is 0 Å². The number of nitrogens with two attached hydrogens (primary N) is 1. The molecule has 0 saturated carbocycles. The van der Waals surface area contributed by atoms with E-state index in [0.717, 1.165) is 11.1 Å². The molecule has 1 rings (SSSR count). The SMILES string of the molecule is Cc1cc(C#N)c(N)c(C(C)C)c1. The Morgan fingerprint density at radius 1 is 1.38 bits per heavy atom. The molecule has 1 aromatic carbocycles. The van der Waals surface area contributed by atoms with Gasteiger partial charge in [-0.1, -0.05) is 19.9 Å². The van der Waals surface area contributed by atoms with Crippen molar-refractivity contribution in [2.45, 2.75) is 26.7 Å². The minimum absolute atomic E-state index is 0.368. The van der Waals surface area contributed by atoms with Gasteiger partial charge in [0.25, 0.3) is 0 Å². The number of nitrogen functional groups attached to an aromatic ring is 1. The Morgan fingerprint density at radius 2 is 2.00 bits per heavy atom. The topological polar surface area (TPSA) is 49.8 Å². The van der Waals surface area contributed by atoms with Crippen molar-refractivity contribution in [3.05, 3.63) is 28.8 Å². The second-order valence-corrected chi connectivity index (χ2v) is 3.58. The monoisotopic (exact) mass is 174 g/mol. The van der Waals surface area contributed by atoms with Crippen molar-refractivity contribution < 1.29 is 0 Å². The van der Waals surface area contributed by atoms with Gasteiger partial charge in [0.2, 0.25) is 0 Å². The third-order valence-corrected chi connectivity index (χ3v) is 2.10. The number of anilines is 1. The van der Waals surface area contributed by atoms with Crippen LogP contribution in [-0.4, -0.2) is 0 Å². The average Bonchev–Trinajstić information content (AvgIpc) is 2.08. The molecule has 0 amide bonds. The number of hydrogen-bond donors (Lipinski definition) is 1. The van der Waals surface area contributed by atoms with Gasteiger partial charge < -0.3 is 5.73 Å². The van der Waals surface area contributed by atoms with Crippen molar-refractivity contribution in [1.29, 1.82) is 5.26 Å². The van der Waals surface area contributed by atoms with Gasteiger partial charge in [0, 0.05) is 0 Å². The van der Waals surface area contributed by atoms with Crippen LogP contribution in [0.4, 0.5) is 5.69 Å². The third kappa shape index (κ3) is 1.81. The molecule has 0 aliphatic heterocycles. The summed E-state index contributed by atoms with van der Waals surface area (Å²) in [5.74, 6) is 0.368. The largest absolute Gasteiger partial charge is 0.397 e. The number of benzene rings is 1. The Morgan fingerprint density at radius 3 is 2.46 bits per heavy atom. The van der Waals surface area contributed by atoms with Gasteiger partial charge in [-0.15, -0.1) is 0 Å². The van der Waals surface area contributed by atoms with E-state index in [1.165, 1.54) is 0 Å². The maximum absolute atomic E-state index is 8.82. The Balaban J connectivity index is 3.38. The van der Waals surface area contributed by atoms with Gasteiger partial charge in [-0.3, -0.25) is 0 Å². The van der Waals surface area contributed by atoms with E-state index in [0.29, 0.717) is 17.2 Å². The third-order valence-electron chi connectivity index (χ3n) is 2.10. The van der Waals surface area contributed by atoms with E-state index >= 15 is 0 Å². The van der Waals surface area contributed by atoms with Gasteiger partial charge in [-0.2, -0.15) is 5.26 Å². The molecule has 1 aromatic rings. The molecule has 2 N–H and O–H groups in total. The summed E-state index contributed by atoms with van der Waals surface area (Å²) in [6, 6.07) is 5.97. The summed E-state index contributed by atoms with van der Waals surface area (Å²) < 4.78 is 0. The molecule has 13 heavy (non-hydrogen) atoms. The first-order valence-corrected chi connectivity index (χ1v) is 4.36. The fourth-order valence-corrected chi connectivity index (χ4v) is 1.40. The molecule has 0 aliphatic carbocycles. The summed E-state index contributed by atoms with van der Waals surface area (Å²) in [6.07, 6.45) is 0. The smallest absolute Gasteiger partial charge is 0.101 e. The van der Waals surface area contributed by atoms with Crippen LogP contribution >= 0.6 is 0 Å². The summed E-state index contributed by atoms with van der Waals surface area (Å²) in [6.45, 7) is 6.13. The number of rotatable bonds is 1. The zero-order valence-electron chi connectivity index (χ0n) is 8.26. The van der Waals surface area contributed by atoms with Gasteiger partial charge in [0.1, 0.15) is 6.07 Å². The molecule has 0 bridgehead atoms. The Labute approximate surface area is 79.0 Å². The van der Waals surface area contributed by atoms with Crippen LogP contribution in [0.2, 0.25) is 0 Å². The lowest BCUT2D eigenvalue weighted by Crippen LogP contribution is -2.00. The maximum Gasteiger partial charge on any atom is 0.101 e. The van der Waals surface area contributed by atoms with Crippen LogP contribution in [0.25, 0.3) is 0 Å². The summed E-state index contributed by atoms with van der Waals surface area (Å²) in [5, 5.41) is 8.82. The van der Waals surface area contributed by atoms with E-state index in [1.54, 1.807) is 0 Å². The molecule has 68 valence electrons. The van der Waals surface area contributed by atoms with Gasteiger partial charge >= 0.3 is 0 Å². The first kappa shape index (κ1) is 9.60. The van der Waals surface area contributed by atoms with Gasteiger partial charge in [-0.05, 0) is 30.0 Å². The highest BCUT2D eigenvalue weighted by Gasteiger charge is 2.08. The van der Waals surface area contributed by atoms with Crippen LogP contribution in [0.3, 0.4) is 0 Å². The van der Waals surface area contributed by atoms with Crippen LogP contribution in [0, 0.1) is 18.3 Å². The molecule has 0 fully saturated rings. The zero-order chi connectivity index (χ0) is 10.0. The lowest BCUT2D eigenvalue weighted by molar-refractivity contribution is 0.867. The highest BCUT2D eigenvalue weighted by atomic mass is 14.6. The minimum Gasteiger partial charge on any atom is -0.397 e. The molecule has 0 heterocycles. The molecule has 2 nitrogen and oxygen atoms in total. The number of aryl methyl sites for hydroxylation is 1. The minimum atomic E-state index is 0.368. The molecule has 0 aliphatic rings.